The van der Waals surface area contributed by atoms with E-state index in [-0.39, 0.29) is 0 Å². The fraction of sp³-hybridized carbons (Fsp3) is 1.00. The van der Waals surface area contributed by atoms with Gasteiger partial charge in [0, 0.05) is 19.1 Å². The summed E-state index contributed by atoms with van der Waals surface area (Å²) in [4.78, 5) is 5.01. The minimum atomic E-state index is 0.343. The van der Waals surface area contributed by atoms with Gasteiger partial charge in [-0.3, -0.25) is 0 Å². The van der Waals surface area contributed by atoms with Crippen molar-refractivity contribution in [2.24, 2.45) is 11.3 Å². The lowest BCUT2D eigenvalue weighted by Crippen LogP contribution is -2.50. The molecular formula is C17H37N3. The van der Waals surface area contributed by atoms with Crippen molar-refractivity contribution < 1.29 is 0 Å². The summed E-state index contributed by atoms with van der Waals surface area (Å²) < 4.78 is 0. The van der Waals surface area contributed by atoms with Crippen LogP contribution in [0.4, 0.5) is 0 Å². The molecule has 1 saturated heterocycles. The molecule has 1 fully saturated rings. The first kappa shape index (κ1) is 17.9. The summed E-state index contributed by atoms with van der Waals surface area (Å²) in [7, 11) is 4.38. The lowest BCUT2D eigenvalue weighted by molar-refractivity contribution is 0.122. The first-order valence-corrected chi connectivity index (χ1v) is 8.43. The Balaban J connectivity index is 2.39. The van der Waals surface area contributed by atoms with E-state index >= 15 is 0 Å². The number of hydrogen-bond donors (Lipinski definition) is 1. The summed E-state index contributed by atoms with van der Waals surface area (Å²) in [6, 6.07) is 0.604. The van der Waals surface area contributed by atoms with Crippen LogP contribution in [0.3, 0.4) is 0 Å². The van der Waals surface area contributed by atoms with Gasteiger partial charge in [-0.1, -0.05) is 27.7 Å². The summed E-state index contributed by atoms with van der Waals surface area (Å²) >= 11 is 0. The molecule has 1 N–H and O–H groups in total. The van der Waals surface area contributed by atoms with E-state index in [9.17, 15) is 0 Å². The fourth-order valence-corrected chi connectivity index (χ4v) is 3.09. The maximum atomic E-state index is 3.75. The van der Waals surface area contributed by atoms with Crippen molar-refractivity contribution in [1.82, 2.24) is 15.1 Å². The first-order chi connectivity index (χ1) is 9.32. The van der Waals surface area contributed by atoms with E-state index in [1.165, 1.54) is 45.4 Å². The Hall–Kier alpha value is -0.120. The van der Waals surface area contributed by atoms with Crippen LogP contribution in [0.15, 0.2) is 0 Å². The summed E-state index contributed by atoms with van der Waals surface area (Å²) in [5.74, 6) is 0.901. The summed E-state index contributed by atoms with van der Waals surface area (Å²) in [5, 5.41) is 3.75. The van der Waals surface area contributed by atoms with Crippen LogP contribution in [-0.2, 0) is 0 Å². The zero-order chi connectivity index (χ0) is 15.2. The Labute approximate surface area is 127 Å². The Kier molecular flexibility index (Phi) is 7.49. The molecule has 0 spiro atoms. The Morgan fingerprint density at radius 3 is 2.25 bits per heavy atom. The van der Waals surface area contributed by atoms with Crippen LogP contribution in [0.2, 0.25) is 0 Å². The van der Waals surface area contributed by atoms with Crippen molar-refractivity contribution in [3.05, 3.63) is 0 Å². The predicted octanol–water partition coefficient (Wildman–Crippen LogP) is 2.67. The molecule has 0 aromatic rings. The number of hydrogen-bond acceptors (Lipinski definition) is 3. The lowest BCUT2D eigenvalue weighted by atomic mass is 9.85. The Bertz CT molecular complexity index is 249. The summed E-state index contributed by atoms with van der Waals surface area (Å²) in [5.41, 5.74) is 0.343. The molecule has 20 heavy (non-hydrogen) atoms. The number of nitrogens with zero attached hydrogens (tertiary/aromatic N) is 2. The molecule has 0 aromatic carbocycles. The zero-order valence-electron chi connectivity index (χ0n) is 14.7. The number of rotatable bonds is 7. The number of piperidine rings is 1. The summed E-state index contributed by atoms with van der Waals surface area (Å²) in [6.07, 6.45) is 3.95. The molecule has 0 aliphatic carbocycles. The van der Waals surface area contributed by atoms with Crippen molar-refractivity contribution in [2.45, 2.75) is 53.0 Å². The highest BCUT2D eigenvalue weighted by Gasteiger charge is 2.28. The monoisotopic (exact) mass is 283 g/mol. The Morgan fingerprint density at radius 2 is 1.80 bits per heavy atom. The molecule has 1 aliphatic rings. The molecule has 0 aromatic heterocycles. The highest BCUT2D eigenvalue weighted by atomic mass is 15.2. The number of nitrogens with one attached hydrogen (secondary N) is 1. The van der Waals surface area contributed by atoms with E-state index in [2.05, 4.69) is 56.9 Å². The van der Waals surface area contributed by atoms with Crippen LogP contribution in [0.25, 0.3) is 0 Å². The third kappa shape index (κ3) is 6.55. The molecule has 0 amide bonds. The van der Waals surface area contributed by atoms with Gasteiger partial charge in [-0.2, -0.15) is 0 Å². The van der Waals surface area contributed by atoms with Crippen LogP contribution < -0.4 is 5.32 Å². The summed E-state index contributed by atoms with van der Waals surface area (Å²) in [6.45, 7) is 15.5. The van der Waals surface area contributed by atoms with Crippen molar-refractivity contribution in [2.75, 3.05) is 46.8 Å². The van der Waals surface area contributed by atoms with E-state index in [0.29, 0.717) is 11.5 Å². The normalized spacial score (nSPS) is 20.6. The topological polar surface area (TPSA) is 18.5 Å². The highest BCUT2D eigenvalue weighted by Crippen LogP contribution is 2.23. The van der Waals surface area contributed by atoms with E-state index in [4.69, 9.17) is 0 Å². The van der Waals surface area contributed by atoms with Crippen LogP contribution in [0.5, 0.6) is 0 Å². The zero-order valence-corrected chi connectivity index (χ0v) is 14.7. The molecule has 120 valence electrons. The molecular weight excluding hydrogens is 246 g/mol. The second-order valence-corrected chi connectivity index (χ2v) is 7.88. The van der Waals surface area contributed by atoms with Crippen LogP contribution >= 0.6 is 0 Å². The van der Waals surface area contributed by atoms with Crippen molar-refractivity contribution in [1.29, 1.82) is 0 Å². The molecule has 0 bridgehead atoms. The molecule has 1 atom stereocenters. The molecule has 3 heteroatoms. The SMILES string of the molecule is CCCNC(CN1CCC(CN(C)C)CC1)C(C)(C)C. The third-order valence-electron chi connectivity index (χ3n) is 4.46. The van der Waals surface area contributed by atoms with Crippen LogP contribution in [-0.4, -0.2) is 62.7 Å². The van der Waals surface area contributed by atoms with Gasteiger partial charge in [-0.05, 0) is 64.3 Å². The standard InChI is InChI=1S/C17H37N3/c1-7-10-18-16(17(2,3)4)14-20-11-8-15(9-12-20)13-19(5)6/h15-16,18H,7-14H2,1-6H3. The lowest BCUT2D eigenvalue weighted by Gasteiger charge is -2.39. The van der Waals surface area contributed by atoms with Gasteiger partial charge in [0.2, 0.25) is 0 Å². The largest absolute Gasteiger partial charge is 0.312 e. The van der Waals surface area contributed by atoms with Gasteiger partial charge in [0.15, 0.2) is 0 Å². The molecule has 1 rings (SSSR count). The van der Waals surface area contributed by atoms with Gasteiger partial charge in [0.25, 0.3) is 0 Å². The average molecular weight is 284 g/mol. The minimum absolute atomic E-state index is 0.343. The van der Waals surface area contributed by atoms with Gasteiger partial charge < -0.3 is 15.1 Å². The van der Waals surface area contributed by atoms with E-state index in [1.807, 2.05) is 0 Å². The maximum absolute atomic E-state index is 3.75. The van der Waals surface area contributed by atoms with Gasteiger partial charge in [-0.25, -0.2) is 0 Å². The van der Waals surface area contributed by atoms with Gasteiger partial charge >= 0.3 is 0 Å². The molecule has 0 radical (unpaired) electrons. The molecule has 0 saturated carbocycles. The second kappa shape index (κ2) is 8.35. The smallest absolute Gasteiger partial charge is 0.0243 e. The second-order valence-electron chi connectivity index (χ2n) is 7.88. The first-order valence-electron chi connectivity index (χ1n) is 8.43. The average Bonchev–Trinajstić information content (AvgIpc) is 2.34. The Morgan fingerprint density at radius 1 is 1.20 bits per heavy atom. The van der Waals surface area contributed by atoms with Gasteiger partial charge in [-0.15, -0.1) is 0 Å². The van der Waals surface area contributed by atoms with Crippen molar-refractivity contribution >= 4 is 0 Å². The third-order valence-corrected chi connectivity index (χ3v) is 4.46. The minimum Gasteiger partial charge on any atom is -0.312 e. The highest BCUT2D eigenvalue weighted by molar-refractivity contribution is 4.85. The predicted molar refractivity (Wildman–Crippen MR) is 89.3 cm³/mol. The quantitative estimate of drug-likeness (QED) is 0.775. The molecule has 1 heterocycles. The van der Waals surface area contributed by atoms with Crippen LogP contribution in [0, 0.1) is 11.3 Å². The van der Waals surface area contributed by atoms with E-state index in [0.717, 1.165) is 12.5 Å². The van der Waals surface area contributed by atoms with Crippen LogP contribution in [0.1, 0.15) is 47.0 Å². The van der Waals surface area contributed by atoms with Crippen molar-refractivity contribution in [3.8, 4) is 0 Å². The van der Waals surface area contributed by atoms with E-state index in [1.54, 1.807) is 0 Å². The van der Waals surface area contributed by atoms with E-state index < -0.39 is 0 Å². The maximum Gasteiger partial charge on any atom is 0.0243 e. The van der Waals surface area contributed by atoms with Gasteiger partial charge in [0.05, 0.1) is 0 Å². The fourth-order valence-electron chi connectivity index (χ4n) is 3.09. The molecule has 3 nitrogen and oxygen atoms in total. The number of likely N-dealkylation sites (tertiary alicyclic amines) is 1. The van der Waals surface area contributed by atoms with Gasteiger partial charge in [0.1, 0.15) is 0 Å². The molecule has 1 unspecified atom stereocenters. The molecule has 1 aliphatic heterocycles. The van der Waals surface area contributed by atoms with Crippen molar-refractivity contribution in [3.63, 3.8) is 0 Å².